The number of methoxy groups -OCH3 is 1. The topological polar surface area (TPSA) is 46.1 Å². The lowest BCUT2D eigenvalue weighted by atomic mass is 9.92. The highest BCUT2D eigenvalue weighted by Crippen LogP contribution is 2.48. The molecule has 0 spiro atoms. The molecule has 0 amide bonds. The second kappa shape index (κ2) is 8.87. The number of rotatable bonds is 8. The number of hydrogen-bond donors (Lipinski definition) is 1. The van der Waals surface area contributed by atoms with Crippen LogP contribution in [0.4, 0.5) is 0 Å². The standard InChI is InChI=1S/C21H33N3O2/c1-17-6-4-5-7-19(17)21(9-10-21)16-23-20(22-2)24-11-8-18(14-24)15-26-13-12-25-3/h4-7,18H,8-16H2,1-3H3,(H,22,23). The Balaban J connectivity index is 1.49. The van der Waals surface area contributed by atoms with Gasteiger partial charge in [0.1, 0.15) is 0 Å². The van der Waals surface area contributed by atoms with E-state index < -0.39 is 0 Å². The first-order valence-corrected chi connectivity index (χ1v) is 9.77. The van der Waals surface area contributed by atoms with Gasteiger partial charge >= 0.3 is 0 Å². The summed E-state index contributed by atoms with van der Waals surface area (Å²) in [5.41, 5.74) is 3.19. The number of hydrogen-bond acceptors (Lipinski definition) is 3. The molecule has 26 heavy (non-hydrogen) atoms. The summed E-state index contributed by atoms with van der Waals surface area (Å²) in [4.78, 5) is 6.91. The number of aryl methyl sites for hydroxylation is 1. The highest BCUT2D eigenvalue weighted by Gasteiger charge is 2.45. The van der Waals surface area contributed by atoms with E-state index in [0.717, 1.165) is 38.6 Å². The fraction of sp³-hybridized carbons (Fsp3) is 0.667. The minimum atomic E-state index is 0.295. The molecular formula is C21H33N3O2. The molecule has 1 unspecified atom stereocenters. The monoisotopic (exact) mass is 359 g/mol. The van der Waals surface area contributed by atoms with E-state index in [0.29, 0.717) is 24.5 Å². The summed E-state index contributed by atoms with van der Waals surface area (Å²) in [6.45, 7) is 7.41. The Kier molecular flexibility index (Phi) is 6.54. The van der Waals surface area contributed by atoms with E-state index in [1.165, 1.54) is 24.0 Å². The summed E-state index contributed by atoms with van der Waals surface area (Å²) in [6.07, 6.45) is 3.69. The smallest absolute Gasteiger partial charge is 0.193 e. The van der Waals surface area contributed by atoms with Gasteiger partial charge in [-0.15, -0.1) is 0 Å². The van der Waals surface area contributed by atoms with Gasteiger partial charge in [0.2, 0.25) is 0 Å². The quantitative estimate of drug-likeness (QED) is 0.440. The van der Waals surface area contributed by atoms with Crippen LogP contribution in [-0.4, -0.2) is 64.5 Å². The Labute approximate surface area is 157 Å². The van der Waals surface area contributed by atoms with Gasteiger partial charge in [-0.1, -0.05) is 24.3 Å². The van der Waals surface area contributed by atoms with Crippen LogP contribution in [0.15, 0.2) is 29.3 Å². The van der Waals surface area contributed by atoms with Gasteiger partial charge in [0.15, 0.2) is 5.96 Å². The largest absolute Gasteiger partial charge is 0.382 e. The van der Waals surface area contributed by atoms with Gasteiger partial charge in [0, 0.05) is 45.1 Å². The van der Waals surface area contributed by atoms with Gasteiger partial charge in [-0.25, -0.2) is 0 Å². The minimum Gasteiger partial charge on any atom is -0.382 e. The Morgan fingerprint density at radius 2 is 2.12 bits per heavy atom. The van der Waals surface area contributed by atoms with Crippen molar-refractivity contribution in [1.82, 2.24) is 10.2 Å². The number of nitrogens with one attached hydrogen (secondary N) is 1. The molecule has 2 fully saturated rings. The first-order chi connectivity index (χ1) is 12.7. The molecule has 1 aliphatic heterocycles. The fourth-order valence-electron chi connectivity index (χ4n) is 3.99. The maximum atomic E-state index is 5.70. The van der Waals surface area contributed by atoms with Gasteiger partial charge in [-0.3, -0.25) is 4.99 Å². The zero-order valence-corrected chi connectivity index (χ0v) is 16.5. The highest BCUT2D eigenvalue weighted by molar-refractivity contribution is 5.80. The summed E-state index contributed by atoms with van der Waals surface area (Å²) < 4.78 is 10.7. The van der Waals surface area contributed by atoms with Crippen LogP contribution in [0.1, 0.15) is 30.4 Å². The molecule has 1 saturated heterocycles. The molecule has 1 atom stereocenters. The van der Waals surface area contributed by atoms with Crippen molar-refractivity contribution < 1.29 is 9.47 Å². The van der Waals surface area contributed by atoms with Gasteiger partial charge in [-0.05, 0) is 37.3 Å². The van der Waals surface area contributed by atoms with Crippen LogP contribution in [0.2, 0.25) is 0 Å². The van der Waals surface area contributed by atoms with Gasteiger partial charge in [-0.2, -0.15) is 0 Å². The van der Waals surface area contributed by atoms with Crippen molar-refractivity contribution in [2.45, 2.75) is 31.6 Å². The Morgan fingerprint density at radius 3 is 2.81 bits per heavy atom. The number of likely N-dealkylation sites (tertiary alicyclic amines) is 1. The predicted octanol–water partition coefficient (Wildman–Crippen LogP) is 2.59. The molecule has 0 aromatic heterocycles. The van der Waals surface area contributed by atoms with Gasteiger partial charge in [0.25, 0.3) is 0 Å². The van der Waals surface area contributed by atoms with Crippen molar-refractivity contribution in [3.8, 4) is 0 Å². The number of aliphatic imine (C=N–C) groups is 1. The maximum absolute atomic E-state index is 5.70. The average molecular weight is 360 g/mol. The van der Waals surface area contributed by atoms with E-state index in [1.54, 1.807) is 7.11 Å². The van der Waals surface area contributed by atoms with Gasteiger partial charge in [0.05, 0.1) is 19.8 Å². The van der Waals surface area contributed by atoms with Crippen LogP contribution < -0.4 is 5.32 Å². The molecule has 1 aliphatic carbocycles. The number of benzene rings is 1. The first kappa shape index (κ1) is 19.2. The summed E-state index contributed by atoms with van der Waals surface area (Å²) in [7, 11) is 3.60. The highest BCUT2D eigenvalue weighted by atomic mass is 16.5. The number of nitrogens with zero attached hydrogens (tertiary/aromatic N) is 2. The average Bonchev–Trinajstić information content (AvgIpc) is 3.29. The van der Waals surface area contributed by atoms with Crippen LogP contribution in [0.5, 0.6) is 0 Å². The first-order valence-electron chi connectivity index (χ1n) is 9.77. The molecule has 5 nitrogen and oxygen atoms in total. The molecule has 0 radical (unpaired) electrons. The molecule has 1 N–H and O–H groups in total. The summed E-state index contributed by atoms with van der Waals surface area (Å²) in [5.74, 6) is 1.61. The third kappa shape index (κ3) is 4.57. The Hall–Kier alpha value is -1.59. The number of guanidine groups is 1. The summed E-state index contributed by atoms with van der Waals surface area (Å²) >= 11 is 0. The summed E-state index contributed by atoms with van der Waals surface area (Å²) in [5, 5.41) is 3.65. The molecule has 3 rings (SSSR count). The van der Waals surface area contributed by atoms with Crippen LogP contribution in [0, 0.1) is 12.8 Å². The Bertz CT molecular complexity index is 613. The van der Waals surface area contributed by atoms with E-state index in [2.05, 4.69) is 46.4 Å². The zero-order valence-electron chi connectivity index (χ0n) is 16.5. The second-order valence-corrected chi connectivity index (χ2v) is 7.66. The number of ether oxygens (including phenoxy) is 2. The zero-order chi connectivity index (χ0) is 18.4. The van der Waals surface area contributed by atoms with Crippen LogP contribution >= 0.6 is 0 Å². The fourth-order valence-corrected chi connectivity index (χ4v) is 3.99. The van der Waals surface area contributed by atoms with Crippen molar-refractivity contribution >= 4 is 5.96 Å². The molecule has 1 aromatic rings. The van der Waals surface area contributed by atoms with Crippen molar-refractivity contribution in [1.29, 1.82) is 0 Å². The maximum Gasteiger partial charge on any atom is 0.193 e. The predicted molar refractivity (Wildman–Crippen MR) is 106 cm³/mol. The van der Waals surface area contributed by atoms with E-state index in [4.69, 9.17) is 9.47 Å². The van der Waals surface area contributed by atoms with E-state index in [9.17, 15) is 0 Å². The lowest BCUT2D eigenvalue weighted by Gasteiger charge is -2.25. The second-order valence-electron chi connectivity index (χ2n) is 7.66. The molecule has 1 aromatic carbocycles. The van der Waals surface area contributed by atoms with E-state index >= 15 is 0 Å². The molecule has 1 heterocycles. The molecule has 5 heteroatoms. The molecular weight excluding hydrogens is 326 g/mol. The normalized spacial score (nSPS) is 21.9. The van der Waals surface area contributed by atoms with Crippen LogP contribution in [0.25, 0.3) is 0 Å². The lowest BCUT2D eigenvalue weighted by molar-refractivity contribution is 0.0536. The molecule has 2 aliphatic rings. The molecule has 1 saturated carbocycles. The van der Waals surface area contributed by atoms with Crippen LogP contribution in [-0.2, 0) is 14.9 Å². The summed E-state index contributed by atoms with van der Waals surface area (Å²) in [6, 6.07) is 8.79. The van der Waals surface area contributed by atoms with Crippen molar-refractivity contribution in [3.63, 3.8) is 0 Å². The van der Waals surface area contributed by atoms with Crippen LogP contribution in [0.3, 0.4) is 0 Å². The lowest BCUT2D eigenvalue weighted by Crippen LogP contribution is -2.43. The SMILES string of the molecule is CN=C(NCC1(c2ccccc2C)CC1)N1CCC(COCCOC)C1. The Morgan fingerprint density at radius 1 is 1.31 bits per heavy atom. The van der Waals surface area contributed by atoms with Crippen molar-refractivity contribution in [3.05, 3.63) is 35.4 Å². The molecule has 0 bridgehead atoms. The van der Waals surface area contributed by atoms with Crippen molar-refractivity contribution in [2.75, 3.05) is 53.6 Å². The van der Waals surface area contributed by atoms with Gasteiger partial charge < -0.3 is 19.7 Å². The van der Waals surface area contributed by atoms with E-state index in [1.807, 2.05) is 7.05 Å². The van der Waals surface area contributed by atoms with E-state index in [-0.39, 0.29) is 0 Å². The van der Waals surface area contributed by atoms with Crippen molar-refractivity contribution in [2.24, 2.45) is 10.9 Å². The third-order valence-corrected chi connectivity index (χ3v) is 5.74. The third-order valence-electron chi connectivity index (χ3n) is 5.74. The minimum absolute atomic E-state index is 0.295. The molecule has 144 valence electrons.